The van der Waals surface area contributed by atoms with E-state index in [0.717, 1.165) is 18.4 Å². The Bertz CT molecular complexity index is 902. The van der Waals surface area contributed by atoms with E-state index >= 15 is 0 Å². The summed E-state index contributed by atoms with van der Waals surface area (Å²) in [6.45, 7) is 5.42. The number of anilines is 1. The minimum atomic E-state index is -0.332. The maximum atomic E-state index is 13.5. The molecule has 0 spiro atoms. The lowest BCUT2D eigenvalue weighted by atomic mass is 10.0. The second-order valence-electron chi connectivity index (χ2n) is 7.89. The van der Waals surface area contributed by atoms with Gasteiger partial charge in [0.1, 0.15) is 5.82 Å². The molecule has 1 atom stereocenters. The average Bonchev–Trinajstić information content (AvgIpc) is 3.29. The highest BCUT2D eigenvalue weighted by molar-refractivity contribution is 6.00. The van der Waals surface area contributed by atoms with Crippen LogP contribution in [0.15, 0.2) is 30.6 Å². The van der Waals surface area contributed by atoms with Gasteiger partial charge >= 0.3 is 0 Å². The van der Waals surface area contributed by atoms with Gasteiger partial charge in [0.05, 0.1) is 18.2 Å². The Hall–Kier alpha value is -2.70. The molecule has 2 fully saturated rings. The Labute approximate surface area is 163 Å². The van der Waals surface area contributed by atoms with Crippen molar-refractivity contribution in [1.29, 1.82) is 0 Å². The number of hydrogen-bond acceptors (Lipinski definition) is 3. The maximum absolute atomic E-state index is 13.5. The number of aromatic nitrogens is 2. The molecule has 0 saturated carbocycles. The van der Waals surface area contributed by atoms with Gasteiger partial charge in [-0.05, 0) is 56.0 Å². The van der Waals surface area contributed by atoms with E-state index in [2.05, 4.69) is 5.10 Å². The summed E-state index contributed by atoms with van der Waals surface area (Å²) in [6, 6.07) is 4.96. The summed E-state index contributed by atoms with van der Waals surface area (Å²) in [5, 5.41) is 4.39. The zero-order chi connectivity index (χ0) is 19.8. The van der Waals surface area contributed by atoms with Gasteiger partial charge in [-0.3, -0.25) is 14.3 Å². The van der Waals surface area contributed by atoms with Crippen LogP contribution in [0.1, 0.15) is 36.4 Å². The van der Waals surface area contributed by atoms with Crippen LogP contribution in [-0.4, -0.2) is 46.1 Å². The van der Waals surface area contributed by atoms with Gasteiger partial charge in [0.15, 0.2) is 0 Å². The summed E-state index contributed by atoms with van der Waals surface area (Å²) in [4.78, 5) is 28.9. The van der Waals surface area contributed by atoms with Gasteiger partial charge < -0.3 is 9.80 Å². The molecule has 1 aromatic carbocycles. The van der Waals surface area contributed by atoms with Gasteiger partial charge in [0, 0.05) is 37.9 Å². The summed E-state index contributed by atoms with van der Waals surface area (Å²) in [5.74, 6) is -0.657. The number of hydrogen-bond donors (Lipinski definition) is 0. The van der Waals surface area contributed by atoms with Crippen molar-refractivity contribution in [2.75, 3.05) is 24.5 Å². The van der Waals surface area contributed by atoms with Gasteiger partial charge in [-0.25, -0.2) is 4.39 Å². The first kappa shape index (κ1) is 18.7. The summed E-state index contributed by atoms with van der Waals surface area (Å²) >= 11 is 0. The minimum Gasteiger partial charge on any atom is -0.342 e. The van der Waals surface area contributed by atoms with Crippen LogP contribution in [0, 0.1) is 25.6 Å². The van der Waals surface area contributed by atoms with Crippen molar-refractivity contribution in [2.45, 2.75) is 39.2 Å². The van der Waals surface area contributed by atoms with Crippen LogP contribution in [0.5, 0.6) is 0 Å². The molecule has 0 radical (unpaired) electrons. The fraction of sp³-hybridized carbons (Fsp3) is 0.476. The predicted octanol–water partition coefficient (Wildman–Crippen LogP) is 2.86. The molecule has 3 heterocycles. The van der Waals surface area contributed by atoms with E-state index in [9.17, 15) is 14.0 Å². The van der Waals surface area contributed by atoms with Gasteiger partial charge in [0.2, 0.25) is 11.8 Å². The molecular formula is C21H25FN4O2. The van der Waals surface area contributed by atoms with Crippen molar-refractivity contribution in [3.63, 3.8) is 0 Å². The third kappa shape index (κ3) is 3.53. The quantitative estimate of drug-likeness (QED) is 0.818. The van der Waals surface area contributed by atoms with Gasteiger partial charge in [0.25, 0.3) is 0 Å². The van der Waals surface area contributed by atoms with Crippen LogP contribution in [-0.2, 0) is 9.59 Å². The van der Waals surface area contributed by atoms with Crippen molar-refractivity contribution < 1.29 is 14.0 Å². The number of rotatable bonds is 3. The lowest BCUT2D eigenvalue weighted by molar-refractivity contribution is -0.137. The number of carbonyl (C=O) groups is 2. The Morgan fingerprint density at radius 3 is 2.61 bits per heavy atom. The molecule has 1 unspecified atom stereocenters. The number of amides is 2. The number of aryl methyl sites for hydroxylation is 2. The van der Waals surface area contributed by atoms with Crippen LogP contribution in [0.2, 0.25) is 0 Å². The Balaban J connectivity index is 1.38. The highest BCUT2D eigenvalue weighted by atomic mass is 19.1. The van der Waals surface area contributed by atoms with E-state index in [4.69, 9.17) is 0 Å². The molecular weight excluding hydrogens is 359 g/mol. The fourth-order valence-electron chi connectivity index (χ4n) is 4.16. The van der Waals surface area contributed by atoms with Crippen LogP contribution in [0.3, 0.4) is 0 Å². The summed E-state index contributed by atoms with van der Waals surface area (Å²) < 4.78 is 15.5. The summed E-state index contributed by atoms with van der Waals surface area (Å²) in [7, 11) is 0. The van der Waals surface area contributed by atoms with Crippen molar-refractivity contribution >= 4 is 17.5 Å². The Morgan fingerprint density at radius 2 is 1.96 bits per heavy atom. The molecule has 2 aromatic rings. The first-order valence-electron chi connectivity index (χ1n) is 9.78. The predicted molar refractivity (Wildman–Crippen MR) is 103 cm³/mol. The highest BCUT2D eigenvalue weighted by Gasteiger charge is 2.38. The van der Waals surface area contributed by atoms with Crippen LogP contribution in [0.25, 0.3) is 0 Å². The van der Waals surface area contributed by atoms with Crippen LogP contribution >= 0.6 is 0 Å². The topological polar surface area (TPSA) is 58.4 Å². The summed E-state index contributed by atoms with van der Waals surface area (Å²) in [5.41, 5.74) is 2.29. The number of carbonyl (C=O) groups excluding carboxylic acids is 2. The molecule has 4 rings (SSSR count). The second kappa shape index (κ2) is 7.37. The first-order valence-corrected chi connectivity index (χ1v) is 9.78. The normalized spacial score (nSPS) is 20.8. The van der Waals surface area contributed by atoms with Gasteiger partial charge in [-0.1, -0.05) is 0 Å². The third-order valence-corrected chi connectivity index (χ3v) is 5.81. The largest absolute Gasteiger partial charge is 0.342 e. The first-order chi connectivity index (χ1) is 13.4. The molecule has 2 aliphatic heterocycles. The zero-order valence-corrected chi connectivity index (χ0v) is 16.3. The van der Waals surface area contributed by atoms with Crippen molar-refractivity contribution in [1.82, 2.24) is 14.7 Å². The lowest BCUT2D eigenvalue weighted by Crippen LogP contribution is -2.43. The molecule has 2 amide bonds. The Kier molecular flexibility index (Phi) is 4.91. The standard InChI is InChI=1S/C21H25FN4O2/c1-14-11-23-26(12-14)17-5-7-24(8-6-17)21(28)16-10-20(27)25(13-16)18-3-4-19(22)15(2)9-18/h3-4,9,11-12,16-17H,5-8,10,13H2,1-2H3. The minimum absolute atomic E-state index is 0.0461. The number of benzene rings is 1. The van der Waals surface area contributed by atoms with Gasteiger partial charge in [-0.2, -0.15) is 5.10 Å². The van der Waals surface area contributed by atoms with E-state index in [-0.39, 0.29) is 30.0 Å². The number of nitrogens with zero attached hydrogens (tertiary/aromatic N) is 4. The number of likely N-dealkylation sites (tertiary alicyclic amines) is 1. The van der Waals surface area contributed by atoms with Crippen LogP contribution in [0.4, 0.5) is 10.1 Å². The Morgan fingerprint density at radius 1 is 1.21 bits per heavy atom. The fourth-order valence-corrected chi connectivity index (χ4v) is 4.16. The zero-order valence-electron chi connectivity index (χ0n) is 16.3. The SMILES string of the molecule is Cc1cnn(C2CCN(C(=O)C3CC(=O)N(c4ccc(F)c(C)c4)C3)CC2)c1. The van der Waals surface area contributed by atoms with E-state index in [1.165, 1.54) is 6.07 Å². The molecule has 0 bridgehead atoms. The molecule has 28 heavy (non-hydrogen) atoms. The molecule has 0 aliphatic carbocycles. The highest BCUT2D eigenvalue weighted by Crippen LogP contribution is 2.29. The van der Waals surface area contributed by atoms with Gasteiger partial charge in [-0.15, -0.1) is 0 Å². The lowest BCUT2D eigenvalue weighted by Gasteiger charge is -2.33. The van der Waals surface area contributed by atoms with E-state index in [0.29, 0.717) is 36.9 Å². The maximum Gasteiger partial charge on any atom is 0.228 e. The molecule has 6 nitrogen and oxygen atoms in total. The molecule has 1 aromatic heterocycles. The van der Waals surface area contributed by atoms with Crippen LogP contribution < -0.4 is 4.90 Å². The summed E-state index contributed by atoms with van der Waals surface area (Å²) in [6.07, 6.45) is 5.85. The molecule has 7 heteroatoms. The molecule has 0 N–H and O–H groups in total. The van der Waals surface area contributed by atoms with E-state index < -0.39 is 0 Å². The third-order valence-electron chi connectivity index (χ3n) is 5.81. The smallest absolute Gasteiger partial charge is 0.228 e. The molecule has 2 saturated heterocycles. The molecule has 2 aliphatic rings. The average molecular weight is 384 g/mol. The van der Waals surface area contributed by atoms with Crippen molar-refractivity contribution in [3.8, 4) is 0 Å². The van der Waals surface area contributed by atoms with Crippen molar-refractivity contribution in [3.05, 3.63) is 47.5 Å². The van der Waals surface area contributed by atoms with E-state index in [1.54, 1.807) is 24.0 Å². The number of piperidine rings is 1. The van der Waals surface area contributed by atoms with Crippen molar-refractivity contribution in [2.24, 2.45) is 5.92 Å². The second-order valence-corrected chi connectivity index (χ2v) is 7.89. The van der Waals surface area contributed by atoms with E-state index in [1.807, 2.05) is 28.9 Å². The molecule has 148 valence electrons. The monoisotopic (exact) mass is 384 g/mol. The number of halogens is 1.